The Morgan fingerprint density at radius 3 is 2.42 bits per heavy atom. The second-order valence-electron chi connectivity index (χ2n) is 7.55. The highest BCUT2D eigenvalue weighted by molar-refractivity contribution is 5.79. The molecule has 7 heteroatoms. The summed E-state index contributed by atoms with van der Waals surface area (Å²) in [5.41, 5.74) is 6.55. The highest BCUT2D eigenvalue weighted by Crippen LogP contribution is 2.37. The van der Waals surface area contributed by atoms with Gasteiger partial charge in [-0.05, 0) is 33.3 Å². The van der Waals surface area contributed by atoms with Crippen molar-refractivity contribution in [3.63, 3.8) is 0 Å². The molecule has 0 saturated carbocycles. The lowest BCUT2D eigenvalue weighted by Crippen LogP contribution is -2.50. The van der Waals surface area contributed by atoms with Crippen LogP contribution in [0.4, 0.5) is 0 Å². The van der Waals surface area contributed by atoms with Crippen LogP contribution in [0.15, 0.2) is 30.3 Å². The summed E-state index contributed by atoms with van der Waals surface area (Å²) in [6, 6.07) is 9.57. The molecule has 0 spiro atoms. The molecular weight excluding hydrogens is 338 g/mol. The summed E-state index contributed by atoms with van der Waals surface area (Å²) in [5, 5.41) is 0. The zero-order valence-electron chi connectivity index (χ0n) is 15.6. The first-order valence-corrected chi connectivity index (χ1v) is 8.79. The maximum atomic E-state index is 12.1. The number of rotatable bonds is 6. The largest absolute Gasteiger partial charge is 0.367 e. The third-order valence-electron chi connectivity index (χ3n) is 4.41. The molecule has 0 aliphatic carbocycles. The minimum Gasteiger partial charge on any atom is -0.367 e. The van der Waals surface area contributed by atoms with Crippen molar-refractivity contribution in [2.24, 2.45) is 5.73 Å². The van der Waals surface area contributed by atoms with Crippen LogP contribution in [0.3, 0.4) is 0 Å². The molecular formula is C19H27NO6. The van der Waals surface area contributed by atoms with Crippen LogP contribution >= 0.6 is 0 Å². The number of carbonyl (C=O) groups is 1. The summed E-state index contributed by atoms with van der Waals surface area (Å²) >= 11 is 0. The predicted octanol–water partition coefficient (Wildman–Crippen LogP) is 1.73. The number of primary amides is 1. The zero-order chi connectivity index (χ0) is 18.9. The van der Waals surface area contributed by atoms with Crippen LogP contribution < -0.4 is 5.73 Å². The first-order chi connectivity index (χ1) is 12.2. The van der Waals surface area contributed by atoms with Crippen LogP contribution in [0, 0.1) is 0 Å². The van der Waals surface area contributed by atoms with E-state index < -0.39 is 35.8 Å². The molecule has 0 radical (unpaired) electrons. The van der Waals surface area contributed by atoms with Gasteiger partial charge in [0.05, 0.1) is 13.2 Å². The maximum Gasteiger partial charge on any atom is 0.249 e. The lowest BCUT2D eigenvalue weighted by molar-refractivity contribution is -0.176. The van der Waals surface area contributed by atoms with E-state index >= 15 is 0 Å². The van der Waals surface area contributed by atoms with E-state index in [0.717, 1.165) is 5.56 Å². The lowest BCUT2D eigenvalue weighted by Gasteiger charge is -2.27. The molecule has 4 atom stereocenters. The molecule has 0 bridgehead atoms. The summed E-state index contributed by atoms with van der Waals surface area (Å²) in [5.74, 6) is -2.19. The van der Waals surface area contributed by atoms with Crippen molar-refractivity contribution in [3.05, 3.63) is 35.9 Å². The standard InChI is InChI=1S/C19H27NO6/c1-18(2)23-11-13(24-18)14-15(26-19(3,4)25-14)16(17(20)21)22-10-12-8-6-5-7-9-12/h5-9,13-16H,10-11H2,1-4H3,(H2,20,21)/t13-,14-,15+,16-/m1/s1. The first kappa shape index (κ1) is 19.3. The van der Waals surface area contributed by atoms with E-state index in [0.29, 0.717) is 6.61 Å². The Hall–Kier alpha value is -1.51. The number of benzene rings is 1. The fourth-order valence-corrected chi connectivity index (χ4v) is 3.32. The molecule has 1 amide bonds. The first-order valence-electron chi connectivity index (χ1n) is 8.79. The fourth-order valence-electron chi connectivity index (χ4n) is 3.32. The number of nitrogens with two attached hydrogens (primary N) is 1. The molecule has 2 fully saturated rings. The Morgan fingerprint density at radius 1 is 1.15 bits per heavy atom. The van der Waals surface area contributed by atoms with Crippen molar-refractivity contribution in [1.82, 2.24) is 0 Å². The number of ether oxygens (including phenoxy) is 5. The van der Waals surface area contributed by atoms with E-state index in [4.69, 9.17) is 29.4 Å². The van der Waals surface area contributed by atoms with Crippen LogP contribution in [0.5, 0.6) is 0 Å². The molecule has 2 aliphatic heterocycles. The second kappa shape index (κ2) is 7.25. The molecule has 7 nitrogen and oxygen atoms in total. The summed E-state index contributed by atoms with van der Waals surface area (Å²) in [4.78, 5) is 12.1. The Bertz CT molecular complexity index is 632. The third kappa shape index (κ3) is 4.42. The summed E-state index contributed by atoms with van der Waals surface area (Å²) in [6.07, 6.45) is -2.55. The monoisotopic (exact) mass is 365 g/mol. The van der Waals surface area contributed by atoms with Gasteiger partial charge in [-0.3, -0.25) is 4.79 Å². The van der Waals surface area contributed by atoms with Gasteiger partial charge >= 0.3 is 0 Å². The van der Waals surface area contributed by atoms with Crippen molar-refractivity contribution >= 4 is 5.91 Å². The molecule has 144 valence electrons. The van der Waals surface area contributed by atoms with Crippen LogP contribution in [0.2, 0.25) is 0 Å². The predicted molar refractivity (Wildman–Crippen MR) is 92.9 cm³/mol. The summed E-state index contributed by atoms with van der Waals surface area (Å²) < 4.78 is 29.4. The van der Waals surface area contributed by atoms with Crippen molar-refractivity contribution < 1.29 is 28.5 Å². The molecule has 0 unspecified atom stereocenters. The Morgan fingerprint density at radius 2 is 1.85 bits per heavy atom. The average Bonchev–Trinajstić information content (AvgIpc) is 3.07. The van der Waals surface area contributed by atoms with E-state index in [1.807, 2.05) is 44.2 Å². The maximum absolute atomic E-state index is 12.1. The van der Waals surface area contributed by atoms with Gasteiger partial charge in [0.15, 0.2) is 17.7 Å². The molecule has 26 heavy (non-hydrogen) atoms. The topological polar surface area (TPSA) is 89.2 Å². The molecule has 0 aromatic heterocycles. The van der Waals surface area contributed by atoms with Crippen molar-refractivity contribution in [3.8, 4) is 0 Å². The van der Waals surface area contributed by atoms with Gasteiger partial charge in [-0.25, -0.2) is 0 Å². The van der Waals surface area contributed by atoms with E-state index in [2.05, 4.69) is 0 Å². The van der Waals surface area contributed by atoms with Crippen LogP contribution in [0.25, 0.3) is 0 Å². The molecule has 2 saturated heterocycles. The second-order valence-corrected chi connectivity index (χ2v) is 7.55. The molecule has 2 aliphatic rings. The van der Waals surface area contributed by atoms with Gasteiger partial charge in [-0.2, -0.15) is 0 Å². The quantitative estimate of drug-likeness (QED) is 0.826. The molecule has 2 heterocycles. The Kier molecular flexibility index (Phi) is 5.37. The zero-order valence-corrected chi connectivity index (χ0v) is 15.6. The van der Waals surface area contributed by atoms with E-state index in [9.17, 15) is 4.79 Å². The smallest absolute Gasteiger partial charge is 0.249 e. The van der Waals surface area contributed by atoms with Crippen molar-refractivity contribution in [2.45, 2.75) is 70.3 Å². The molecule has 1 aromatic carbocycles. The number of amides is 1. The minimum absolute atomic E-state index is 0.245. The highest BCUT2D eigenvalue weighted by Gasteiger charge is 2.53. The van der Waals surface area contributed by atoms with Gasteiger partial charge in [-0.15, -0.1) is 0 Å². The van der Waals surface area contributed by atoms with Gasteiger partial charge in [0.1, 0.15) is 18.3 Å². The van der Waals surface area contributed by atoms with E-state index in [1.165, 1.54) is 0 Å². The van der Waals surface area contributed by atoms with Gasteiger partial charge < -0.3 is 29.4 Å². The Balaban J connectivity index is 1.75. The number of carbonyl (C=O) groups excluding carboxylic acids is 1. The highest BCUT2D eigenvalue weighted by atomic mass is 16.8. The van der Waals surface area contributed by atoms with Crippen LogP contribution in [-0.4, -0.2) is 48.5 Å². The van der Waals surface area contributed by atoms with E-state index in [-0.39, 0.29) is 12.7 Å². The molecule has 3 rings (SSSR count). The third-order valence-corrected chi connectivity index (χ3v) is 4.41. The summed E-state index contributed by atoms with van der Waals surface area (Å²) in [6.45, 7) is 7.83. The van der Waals surface area contributed by atoms with Gasteiger partial charge in [0.2, 0.25) is 5.91 Å². The van der Waals surface area contributed by atoms with Crippen LogP contribution in [-0.2, 0) is 35.1 Å². The van der Waals surface area contributed by atoms with E-state index in [1.54, 1.807) is 13.8 Å². The Labute approximate surface area is 153 Å². The molecule has 2 N–H and O–H groups in total. The van der Waals surface area contributed by atoms with Crippen molar-refractivity contribution in [1.29, 1.82) is 0 Å². The number of hydrogen-bond acceptors (Lipinski definition) is 6. The SMILES string of the molecule is CC1(C)O[C@H]([C@H]2COC(C)(C)O2)[C@@H]([C@@H](OCc2ccccc2)C(N)=O)O1. The van der Waals surface area contributed by atoms with Crippen LogP contribution in [0.1, 0.15) is 33.3 Å². The number of hydrogen-bond donors (Lipinski definition) is 1. The lowest BCUT2D eigenvalue weighted by atomic mass is 10.0. The summed E-state index contributed by atoms with van der Waals surface area (Å²) in [7, 11) is 0. The van der Waals surface area contributed by atoms with Gasteiger partial charge in [0, 0.05) is 0 Å². The average molecular weight is 365 g/mol. The normalized spacial score (nSPS) is 31.0. The molecule has 1 aromatic rings. The van der Waals surface area contributed by atoms with Crippen molar-refractivity contribution in [2.75, 3.05) is 6.61 Å². The minimum atomic E-state index is -0.964. The van der Waals surface area contributed by atoms with Gasteiger partial charge in [-0.1, -0.05) is 30.3 Å². The van der Waals surface area contributed by atoms with Gasteiger partial charge in [0.25, 0.3) is 0 Å². The fraction of sp³-hybridized carbons (Fsp3) is 0.632.